The van der Waals surface area contributed by atoms with Crippen molar-refractivity contribution in [3.8, 4) is 0 Å². The Morgan fingerprint density at radius 3 is 2.88 bits per heavy atom. The fraction of sp³-hybridized carbons (Fsp3) is 0.667. The molecule has 2 rings (SSSR count). The predicted octanol–water partition coefficient (Wildman–Crippen LogP) is 1.39. The Kier molecular flexibility index (Phi) is 3.09. The van der Waals surface area contributed by atoms with E-state index in [0.29, 0.717) is 6.04 Å². The molecule has 1 aliphatic rings. The van der Waals surface area contributed by atoms with E-state index in [-0.39, 0.29) is 5.84 Å². The Hall–Kier alpha value is -1.52. The lowest BCUT2D eigenvalue weighted by Gasteiger charge is -2.26. The number of aryl methyl sites for hydroxylation is 2. The molecular weight excluding hydrogens is 214 g/mol. The van der Waals surface area contributed by atoms with Gasteiger partial charge in [-0.25, -0.2) is 0 Å². The van der Waals surface area contributed by atoms with Gasteiger partial charge in [-0.3, -0.25) is 10.1 Å². The summed E-state index contributed by atoms with van der Waals surface area (Å²) >= 11 is 0. The highest BCUT2D eigenvalue weighted by Crippen LogP contribution is 2.30. The van der Waals surface area contributed by atoms with Crippen molar-refractivity contribution in [2.75, 3.05) is 11.4 Å². The molecule has 0 amide bonds. The van der Waals surface area contributed by atoms with Crippen LogP contribution in [0.3, 0.4) is 0 Å². The highest BCUT2D eigenvalue weighted by atomic mass is 15.4. The molecule has 0 aliphatic carbocycles. The van der Waals surface area contributed by atoms with E-state index in [0.717, 1.165) is 30.0 Å². The maximum absolute atomic E-state index is 7.72. The number of nitrogens with zero attached hydrogens (tertiary/aromatic N) is 3. The topological polar surface area (TPSA) is 70.9 Å². The fourth-order valence-corrected chi connectivity index (χ4v) is 2.83. The molecule has 5 nitrogen and oxygen atoms in total. The molecule has 2 heterocycles. The van der Waals surface area contributed by atoms with Gasteiger partial charge >= 0.3 is 0 Å². The Morgan fingerprint density at radius 1 is 1.59 bits per heavy atom. The van der Waals surface area contributed by atoms with E-state index in [1.807, 2.05) is 18.7 Å². The summed E-state index contributed by atoms with van der Waals surface area (Å²) in [5.41, 5.74) is 7.33. The minimum Gasteiger partial charge on any atom is -0.384 e. The van der Waals surface area contributed by atoms with Crippen molar-refractivity contribution in [2.45, 2.75) is 39.2 Å². The summed E-state index contributed by atoms with van der Waals surface area (Å²) in [5, 5.41) is 12.1. The highest BCUT2D eigenvalue weighted by Gasteiger charge is 2.29. The van der Waals surface area contributed by atoms with Gasteiger partial charge in [0, 0.05) is 19.6 Å². The first-order valence-corrected chi connectivity index (χ1v) is 6.20. The number of hydrogen-bond acceptors (Lipinski definition) is 3. The van der Waals surface area contributed by atoms with E-state index in [1.54, 1.807) is 0 Å². The Labute approximate surface area is 102 Å². The average Bonchev–Trinajstić information content (AvgIpc) is 2.81. The number of nitrogens with one attached hydrogen (secondary N) is 1. The average molecular weight is 235 g/mol. The SMILES string of the molecule is CCC1CCCN1c1c(C(=N)N)c(C)nn1C. The van der Waals surface area contributed by atoms with E-state index in [9.17, 15) is 0 Å². The second-order valence-electron chi connectivity index (χ2n) is 4.72. The van der Waals surface area contributed by atoms with E-state index >= 15 is 0 Å². The summed E-state index contributed by atoms with van der Waals surface area (Å²) < 4.78 is 1.86. The number of amidine groups is 1. The molecule has 0 aromatic carbocycles. The zero-order chi connectivity index (χ0) is 12.6. The number of nitrogens with two attached hydrogens (primary N) is 1. The summed E-state index contributed by atoms with van der Waals surface area (Å²) in [6.45, 7) is 5.16. The zero-order valence-corrected chi connectivity index (χ0v) is 10.8. The van der Waals surface area contributed by atoms with Crippen molar-refractivity contribution in [1.29, 1.82) is 5.41 Å². The van der Waals surface area contributed by atoms with E-state index < -0.39 is 0 Å². The normalized spacial score (nSPS) is 19.9. The van der Waals surface area contributed by atoms with Crippen LogP contribution in [0.4, 0.5) is 5.82 Å². The second kappa shape index (κ2) is 4.39. The van der Waals surface area contributed by atoms with Crippen LogP contribution in [0.5, 0.6) is 0 Å². The van der Waals surface area contributed by atoms with E-state index in [1.165, 1.54) is 12.8 Å². The van der Waals surface area contributed by atoms with Crippen molar-refractivity contribution in [1.82, 2.24) is 9.78 Å². The molecule has 94 valence electrons. The lowest BCUT2D eigenvalue weighted by molar-refractivity contribution is 0.620. The monoisotopic (exact) mass is 235 g/mol. The summed E-state index contributed by atoms with van der Waals surface area (Å²) in [6.07, 6.45) is 3.56. The number of aromatic nitrogens is 2. The van der Waals surface area contributed by atoms with Gasteiger partial charge in [0.15, 0.2) is 0 Å². The molecule has 17 heavy (non-hydrogen) atoms. The zero-order valence-electron chi connectivity index (χ0n) is 10.8. The molecule has 1 atom stereocenters. The van der Waals surface area contributed by atoms with Gasteiger partial charge in [0.25, 0.3) is 0 Å². The van der Waals surface area contributed by atoms with Crippen LogP contribution in [0.15, 0.2) is 0 Å². The number of rotatable bonds is 3. The summed E-state index contributed by atoms with van der Waals surface area (Å²) in [7, 11) is 1.93. The van der Waals surface area contributed by atoms with Crippen molar-refractivity contribution in [3.05, 3.63) is 11.3 Å². The van der Waals surface area contributed by atoms with Crippen LogP contribution in [0.1, 0.15) is 37.4 Å². The molecule has 1 fully saturated rings. The van der Waals surface area contributed by atoms with Gasteiger partial charge in [-0.05, 0) is 26.2 Å². The summed E-state index contributed by atoms with van der Waals surface area (Å²) in [5.74, 6) is 1.13. The smallest absolute Gasteiger partial charge is 0.138 e. The molecule has 1 aromatic heterocycles. The minimum absolute atomic E-state index is 0.118. The second-order valence-corrected chi connectivity index (χ2v) is 4.72. The van der Waals surface area contributed by atoms with Crippen LogP contribution in [-0.2, 0) is 7.05 Å². The summed E-state index contributed by atoms with van der Waals surface area (Å²) in [4.78, 5) is 2.36. The maximum Gasteiger partial charge on any atom is 0.138 e. The Morgan fingerprint density at radius 2 is 2.29 bits per heavy atom. The molecule has 1 unspecified atom stereocenters. The van der Waals surface area contributed by atoms with Crippen molar-refractivity contribution >= 4 is 11.7 Å². The minimum atomic E-state index is 0.118. The Balaban J connectivity index is 2.47. The third-order valence-corrected chi connectivity index (χ3v) is 3.58. The third-order valence-electron chi connectivity index (χ3n) is 3.58. The van der Waals surface area contributed by atoms with Crippen LogP contribution in [0, 0.1) is 12.3 Å². The first-order chi connectivity index (χ1) is 8.06. The van der Waals surface area contributed by atoms with Gasteiger partial charge < -0.3 is 10.6 Å². The highest BCUT2D eigenvalue weighted by molar-refractivity contribution is 6.01. The molecular formula is C12H21N5. The molecule has 0 saturated carbocycles. The van der Waals surface area contributed by atoms with Gasteiger partial charge in [-0.1, -0.05) is 6.92 Å². The van der Waals surface area contributed by atoms with Crippen LogP contribution >= 0.6 is 0 Å². The van der Waals surface area contributed by atoms with Gasteiger partial charge in [0.05, 0.1) is 11.3 Å². The first-order valence-electron chi connectivity index (χ1n) is 6.20. The summed E-state index contributed by atoms with van der Waals surface area (Å²) in [6, 6.07) is 0.558. The van der Waals surface area contributed by atoms with Crippen LogP contribution in [-0.4, -0.2) is 28.2 Å². The largest absolute Gasteiger partial charge is 0.384 e. The molecule has 0 bridgehead atoms. The van der Waals surface area contributed by atoms with Crippen molar-refractivity contribution in [2.24, 2.45) is 12.8 Å². The first kappa shape index (κ1) is 12.0. The van der Waals surface area contributed by atoms with E-state index in [2.05, 4.69) is 16.9 Å². The van der Waals surface area contributed by atoms with Crippen LogP contribution in [0.25, 0.3) is 0 Å². The lowest BCUT2D eigenvalue weighted by Crippen LogP contribution is -2.32. The van der Waals surface area contributed by atoms with E-state index in [4.69, 9.17) is 11.1 Å². The standard InChI is InChI=1S/C12H21N5/c1-4-9-6-5-7-17(9)12-10(11(13)14)8(2)15-16(12)3/h9H,4-7H2,1-3H3,(H3,13,14). The van der Waals surface area contributed by atoms with Crippen LogP contribution < -0.4 is 10.6 Å². The third kappa shape index (κ3) is 1.90. The van der Waals surface area contributed by atoms with Gasteiger partial charge in [0.1, 0.15) is 11.7 Å². The maximum atomic E-state index is 7.72. The predicted molar refractivity (Wildman–Crippen MR) is 69.6 cm³/mol. The number of hydrogen-bond donors (Lipinski definition) is 2. The molecule has 1 aromatic rings. The van der Waals surface area contributed by atoms with Crippen molar-refractivity contribution < 1.29 is 0 Å². The molecule has 5 heteroatoms. The molecule has 3 N–H and O–H groups in total. The Bertz CT molecular complexity index is 434. The van der Waals surface area contributed by atoms with Crippen molar-refractivity contribution in [3.63, 3.8) is 0 Å². The van der Waals surface area contributed by atoms with Gasteiger partial charge in [0.2, 0.25) is 0 Å². The molecule has 1 aliphatic heterocycles. The quantitative estimate of drug-likeness (QED) is 0.614. The number of anilines is 1. The molecule has 1 saturated heterocycles. The van der Waals surface area contributed by atoms with Gasteiger partial charge in [-0.15, -0.1) is 0 Å². The molecule has 0 radical (unpaired) electrons. The van der Waals surface area contributed by atoms with Crippen LogP contribution in [0.2, 0.25) is 0 Å². The molecule has 0 spiro atoms. The number of nitrogen functional groups attached to an aromatic ring is 1. The fourth-order valence-electron chi connectivity index (χ4n) is 2.83. The lowest BCUT2D eigenvalue weighted by atomic mass is 10.1. The van der Waals surface area contributed by atoms with Gasteiger partial charge in [-0.2, -0.15) is 5.10 Å².